The Morgan fingerprint density at radius 3 is 1.24 bits per heavy atom. The van der Waals surface area contributed by atoms with Gasteiger partial charge in [0.25, 0.3) is 0 Å². The van der Waals surface area contributed by atoms with Gasteiger partial charge in [-0.3, -0.25) is 4.79 Å². The molecule has 0 atom stereocenters. The molecular formula is C51H47NNiO. The summed E-state index contributed by atoms with van der Waals surface area (Å²) in [7, 11) is 0. The maximum atomic E-state index is 13.0. The van der Waals surface area contributed by atoms with Crippen molar-refractivity contribution in [1.29, 1.82) is 0 Å². The van der Waals surface area contributed by atoms with Gasteiger partial charge in [-0.15, -0.1) is 0 Å². The normalized spacial score (nSPS) is 11.6. The quantitative estimate of drug-likeness (QED) is 0.0821. The first-order valence-electron chi connectivity index (χ1n) is 18.6. The van der Waals surface area contributed by atoms with E-state index in [9.17, 15) is 4.79 Å². The Morgan fingerprint density at radius 1 is 0.481 bits per heavy atom. The Kier molecular flexibility index (Phi) is 11.6. The monoisotopic (exact) mass is 747 g/mol. The van der Waals surface area contributed by atoms with Gasteiger partial charge in [-0.2, -0.15) is 0 Å². The summed E-state index contributed by atoms with van der Waals surface area (Å²) in [5.41, 5.74) is 16.7. The number of fused-ring (bicyclic) bond motifs is 1. The second-order valence-corrected chi connectivity index (χ2v) is 14.8. The van der Waals surface area contributed by atoms with E-state index in [1.54, 1.807) is 6.92 Å². The molecule has 0 aliphatic rings. The van der Waals surface area contributed by atoms with Crippen LogP contribution in [-0.4, -0.2) is 11.5 Å². The van der Waals surface area contributed by atoms with Crippen LogP contribution in [-0.2, 0) is 21.3 Å². The molecule has 0 saturated carbocycles. The number of ketones is 1. The Hall–Kier alpha value is -5.37. The number of benzene rings is 7. The predicted octanol–water partition coefficient (Wildman–Crippen LogP) is 13.1. The predicted molar refractivity (Wildman–Crippen MR) is 224 cm³/mol. The molecule has 7 aromatic carbocycles. The van der Waals surface area contributed by atoms with Crippen LogP contribution in [0.15, 0.2) is 151 Å². The number of hydrogen-bond donors (Lipinski definition) is 0. The minimum absolute atomic E-state index is 0. The molecule has 0 amide bonds. The summed E-state index contributed by atoms with van der Waals surface area (Å²) < 4.78 is 0. The number of aryl methyl sites for hydroxylation is 5. The van der Waals surface area contributed by atoms with Gasteiger partial charge in [0.2, 0.25) is 0 Å². The van der Waals surface area contributed by atoms with E-state index >= 15 is 0 Å². The van der Waals surface area contributed by atoms with Crippen molar-refractivity contribution in [3.05, 3.63) is 207 Å². The van der Waals surface area contributed by atoms with Gasteiger partial charge in [-0.05, 0) is 91.4 Å². The van der Waals surface area contributed by atoms with E-state index in [0.29, 0.717) is 5.71 Å². The number of carbonyl (C=O) groups excluding carboxylic acids is 1. The smallest absolute Gasteiger partial charge is 0.173 e. The molecule has 0 unspecified atom stereocenters. The second kappa shape index (κ2) is 16.3. The number of nitrogens with zero attached hydrogens (tertiary/aromatic N) is 1. The summed E-state index contributed by atoms with van der Waals surface area (Å²) in [5.74, 6) is -0.254. The molecular weight excluding hydrogens is 701 g/mol. The van der Waals surface area contributed by atoms with Crippen LogP contribution in [0.3, 0.4) is 0 Å². The molecule has 7 aromatic rings. The molecule has 0 aliphatic heterocycles. The molecule has 0 radical (unpaired) electrons. The molecule has 0 N–H and O–H groups in total. The van der Waals surface area contributed by atoms with Crippen LogP contribution in [0.25, 0.3) is 21.9 Å². The second-order valence-electron chi connectivity index (χ2n) is 14.8. The summed E-state index contributed by atoms with van der Waals surface area (Å²) >= 11 is 0. The van der Waals surface area contributed by atoms with Gasteiger partial charge in [0.15, 0.2) is 5.78 Å². The SMILES string of the molecule is CC(=O)C(C)=Nc1c(C(c2ccc(C)cc2)c2ccc(C)cc2)cc(C(c2ccc(C)cc2)c2ccc(C)cc2)c2cccc(-c3ccc(C)cc3)c12.[Ni]. The Bertz CT molecular complexity index is 2350. The van der Waals surface area contributed by atoms with Crippen LogP contribution in [0.5, 0.6) is 0 Å². The molecule has 2 nitrogen and oxygen atoms in total. The summed E-state index contributed by atoms with van der Waals surface area (Å²) in [5, 5.41) is 2.18. The molecule has 0 fully saturated rings. The Balaban J connectivity index is 0.00000497. The molecule has 0 spiro atoms. The molecule has 0 heterocycles. The van der Waals surface area contributed by atoms with E-state index < -0.39 is 0 Å². The first kappa shape index (κ1) is 38.4. The van der Waals surface area contributed by atoms with Crippen LogP contribution < -0.4 is 0 Å². The van der Waals surface area contributed by atoms with Gasteiger partial charge in [-0.1, -0.05) is 173 Å². The van der Waals surface area contributed by atoms with Crippen LogP contribution in [0.1, 0.15) is 86.9 Å². The third-order valence-electron chi connectivity index (χ3n) is 10.6. The van der Waals surface area contributed by atoms with Gasteiger partial charge in [0.1, 0.15) is 0 Å². The van der Waals surface area contributed by atoms with Gasteiger partial charge in [0, 0.05) is 40.6 Å². The number of carbonyl (C=O) groups is 1. The zero-order valence-corrected chi connectivity index (χ0v) is 33.2. The minimum Gasteiger partial charge on any atom is -0.293 e. The van der Waals surface area contributed by atoms with E-state index in [1.165, 1.54) is 55.6 Å². The van der Waals surface area contributed by atoms with E-state index in [1.807, 2.05) is 6.92 Å². The van der Waals surface area contributed by atoms with Crippen LogP contribution in [0.4, 0.5) is 5.69 Å². The fraction of sp³-hybridized carbons (Fsp3) is 0.176. The zero-order chi connectivity index (χ0) is 37.2. The molecule has 0 bridgehead atoms. The number of rotatable bonds is 9. The van der Waals surface area contributed by atoms with Crippen LogP contribution >= 0.6 is 0 Å². The summed E-state index contributed by atoms with van der Waals surface area (Å²) in [6, 6.07) is 53.5. The first-order chi connectivity index (χ1) is 25.6. The van der Waals surface area contributed by atoms with Crippen molar-refractivity contribution in [2.24, 2.45) is 4.99 Å². The van der Waals surface area contributed by atoms with Crippen LogP contribution in [0.2, 0.25) is 0 Å². The third-order valence-corrected chi connectivity index (χ3v) is 10.6. The average Bonchev–Trinajstić information content (AvgIpc) is 3.16. The van der Waals surface area contributed by atoms with Crippen molar-refractivity contribution < 1.29 is 21.3 Å². The summed E-state index contributed by atoms with van der Waals surface area (Å²) in [6.45, 7) is 14.1. The third kappa shape index (κ3) is 7.93. The van der Waals surface area contributed by atoms with Gasteiger partial charge < -0.3 is 0 Å². The zero-order valence-electron chi connectivity index (χ0n) is 32.2. The van der Waals surface area contributed by atoms with Crippen molar-refractivity contribution in [1.82, 2.24) is 0 Å². The van der Waals surface area contributed by atoms with E-state index in [2.05, 4.69) is 180 Å². The molecule has 3 heteroatoms. The molecule has 54 heavy (non-hydrogen) atoms. The van der Waals surface area contributed by atoms with Gasteiger partial charge in [-0.25, -0.2) is 4.99 Å². The van der Waals surface area contributed by atoms with Crippen molar-refractivity contribution in [2.75, 3.05) is 0 Å². The van der Waals surface area contributed by atoms with E-state index in [0.717, 1.165) is 33.2 Å². The summed E-state index contributed by atoms with van der Waals surface area (Å²) in [4.78, 5) is 18.4. The fourth-order valence-electron chi connectivity index (χ4n) is 7.44. The van der Waals surface area contributed by atoms with Gasteiger partial charge in [0.05, 0.1) is 11.4 Å². The van der Waals surface area contributed by atoms with E-state index in [4.69, 9.17) is 4.99 Å². The Labute approximate surface area is 331 Å². The van der Waals surface area contributed by atoms with Crippen molar-refractivity contribution in [2.45, 2.75) is 60.3 Å². The van der Waals surface area contributed by atoms with Crippen molar-refractivity contribution in [3.63, 3.8) is 0 Å². The average molecular weight is 749 g/mol. The minimum atomic E-state index is -0.152. The molecule has 7 rings (SSSR count). The molecule has 0 aliphatic carbocycles. The number of Topliss-reactive ketones (excluding diaryl/α,β-unsaturated/α-hetero) is 1. The van der Waals surface area contributed by atoms with Crippen molar-refractivity contribution >= 4 is 28.0 Å². The molecule has 0 saturated heterocycles. The van der Waals surface area contributed by atoms with E-state index in [-0.39, 0.29) is 34.1 Å². The molecule has 272 valence electrons. The van der Waals surface area contributed by atoms with Crippen molar-refractivity contribution in [3.8, 4) is 11.1 Å². The van der Waals surface area contributed by atoms with Gasteiger partial charge >= 0.3 is 0 Å². The Morgan fingerprint density at radius 2 is 0.852 bits per heavy atom. The molecule has 0 aromatic heterocycles. The fourth-order valence-corrected chi connectivity index (χ4v) is 7.44. The maximum Gasteiger partial charge on any atom is 0.173 e. The number of hydrogen-bond acceptors (Lipinski definition) is 2. The number of aliphatic imine (C=N–C) groups is 1. The maximum absolute atomic E-state index is 13.0. The first-order valence-corrected chi connectivity index (χ1v) is 18.6. The largest absolute Gasteiger partial charge is 0.293 e. The standard InChI is InChI=1S/C51H47NO.Ni/c1-32-11-21-39(22-12-32)44-9-8-10-45-46(48(40-23-13-33(2)14-24-40)41-25-15-34(3)16-26-41)31-47(51(50(44)45)52-37(6)38(7)53)49(42-27-17-35(4)18-28-42)43-29-19-36(5)20-30-43;/h8-31,48-49H,1-7H3;. The van der Waals surface area contributed by atoms with Crippen LogP contribution in [0, 0.1) is 34.6 Å². The topological polar surface area (TPSA) is 29.4 Å². The summed E-state index contributed by atoms with van der Waals surface area (Å²) in [6.07, 6.45) is 0.